The number of ether oxygens (including phenoxy) is 1. The second-order valence-corrected chi connectivity index (χ2v) is 7.22. The van der Waals surface area contributed by atoms with Gasteiger partial charge in [-0.05, 0) is 37.3 Å². The van der Waals surface area contributed by atoms with Crippen LogP contribution >= 0.6 is 15.9 Å². The van der Waals surface area contributed by atoms with Crippen molar-refractivity contribution in [2.24, 2.45) is 0 Å². The summed E-state index contributed by atoms with van der Waals surface area (Å²) in [5, 5.41) is 10.5. The molecule has 8 heteroatoms. The van der Waals surface area contributed by atoms with E-state index in [0.29, 0.717) is 23.0 Å². The van der Waals surface area contributed by atoms with Gasteiger partial charge in [-0.2, -0.15) is 10.1 Å². The zero-order valence-electron chi connectivity index (χ0n) is 15.3. The number of aromatic nitrogens is 3. The number of fused-ring (bicyclic) bond motifs is 1. The number of nitrogens with zero attached hydrogens (tertiary/aromatic N) is 3. The molecule has 2 aromatic carbocycles. The predicted octanol–water partition coefficient (Wildman–Crippen LogP) is 3.98. The van der Waals surface area contributed by atoms with Crippen LogP contribution in [0.1, 0.15) is 18.5 Å². The number of carbonyl (C=O) groups excluding carboxylic acids is 1. The van der Waals surface area contributed by atoms with Crippen LogP contribution in [0.3, 0.4) is 0 Å². The maximum absolute atomic E-state index is 13.3. The van der Waals surface area contributed by atoms with Crippen LogP contribution < -0.4 is 15.4 Å². The first-order valence-corrected chi connectivity index (χ1v) is 9.45. The Labute approximate surface area is 170 Å². The Morgan fingerprint density at radius 3 is 2.79 bits per heavy atom. The SMILES string of the molecule is COc1ccc(Br)cc1[C@H]1C(C(=O)Nc2ccccc2)=C(C)Nc2ncnn21. The van der Waals surface area contributed by atoms with E-state index in [2.05, 4.69) is 36.6 Å². The Kier molecular flexibility index (Phi) is 4.87. The number of allylic oxidation sites excluding steroid dienone is 1. The van der Waals surface area contributed by atoms with E-state index in [1.807, 2.05) is 55.5 Å². The van der Waals surface area contributed by atoms with E-state index in [9.17, 15) is 4.79 Å². The van der Waals surface area contributed by atoms with Crippen molar-refractivity contribution in [1.82, 2.24) is 14.8 Å². The van der Waals surface area contributed by atoms with Crippen molar-refractivity contribution in [1.29, 1.82) is 0 Å². The van der Waals surface area contributed by atoms with E-state index in [4.69, 9.17) is 4.74 Å². The highest BCUT2D eigenvalue weighted by atomic mass is 79.9. The number of hydrogen-bond donors (Lipinski definition) is 2. The third-order valence-corrected chi connectivity index (χ3v) is 5.05. The smallest absolute Gasteiger partial charge is 0.255 e. The number of rotatable bonds is 4. The van der Waals surface area contributed by atoms with Crippen LogP contribution in [0.2, 0.25) is 0 Å². The van der Waals surface area contributed by atoms with Gasteiger partial charge in [0.1, 0.15) is 18.1 Å². The first-order valence-electron chi connectivity index (χ1n) is 8.65. The van der Waals surface area contributed by atoms with E-state index in [-0.39, 0.29) is 5.91 Å². The van der Waals surface area contributed by atoms with Gasteiger partial charge in [-0.1, -0.05) is 34.1 Å². The minimum atomic E-state index is -0.491. The second-order valence-electron chi connectivity index (χ2n) is 6.30. The Bertz CT molecular complexity index is 1060. The molecule has 3 aromatic rings. The second kappa shape index (κ2) is 7.47. The van der Waals surface area contributed by atoms with Gasteiger partial charge in [0.05, 0.1) is 12.7 Å². The molecule has 28 heavy (non-hydrogen) atoms. The zero-order chi connectivity index (χ0) is 19.7. The summed E-state index contributed by atoms with van der Waals surface area (Å²) in [7, 11) is 1.61. The molecule has 0 saturated heterocycles. The van der Waals surface area contributed by atoms with Crippen molar-refractivity contribution in [2.45, 2.75) is 13.0 Å². The lowest BCUT2D eigenvalue weighted by atomic mass is 9.94. The molecule has 2 N–H and O–H groups in total. The topological polar surface area (TPSA) is 81.1 Å². The first-order chi connectivity index (χ1) is 13.6. The molecule has 4 rings (SSSR count). The molecule has 0 unspecified atom stereocenters. The number of amides is 1. The highest BCUT2D eigenvalue weighted by Gasteiger charge is 2.35. The monoisotopic (exact) mass is 439 g/mol. The lowest BCUT2D eigenvalue weighted by Gasteiger charge is -2.29. The third-order valence-electron chi connectivity index (χ3n) is 4.56. The summed E-state index contributed by atoms with van der Waals surface area (Å²) in [6.07, 6.45) is 1.46. The van der Waals surface area contributed by atoms with Crippen molar-refractivity contribution < 1.29 is 9.53 Å². The molecule has 1 aliphatic heterocycles. The summed E-state index contributed by atoms with van der Waals surface area (Å²) >= 11 is 3.52. The quantitative estimate of drug-likeness (QED) is 0.642. The van der Waals surface area contributed by atoms with E-state index >= 15 is 0 Å². The molecule has 142 valence electrons. The fraction of sp³-hybridized carbons (Fsp3) is 0.150. The summed E-state index contributed by atoms with van der Waals surface area (Å²) < 4.78 is 8.14. The van der Waals surface area contributed by atoms with Crippen LogP contribution in [0, 0.1) is 0 Å². The van der Waals surface area contributed by atoms with Crippen molar-refractivity contribution in [3.63, 3.8) is 0 Å². The molecule has 0 saturated carbocycles. The summed E-state index contributed by atoms with van der Waals surface area (Å²) in [5.74, 6) is 1.01. The minimum absolute atomic E-state index is 0.218. The molecule has 0 bridgehead atoms. The number of para-hydroxylation sites is 1. The van der Waals surface area contributed by atoms with E-state index in [1.165, 1.54) is 6.33 Å². The van der Waals surface area contributed by atoms with Crippen molar-refractivity contribution in [3.05, 3.63) is 76.2 Å². The van der Waals surface area contributed by atoms with Gasteiger partial charge in [-0.3, -0.25) is 4.79 Å². The fourth-order valence-corrected chi connectivity index (χ4v) is 3.69. The minimum Gasteiger partial charge on any atom is -0.496 e. The van der Waals surface area contributed by atoms with E-state index in [0.717, 1.165) is 15.7 Å². The van der Waals surface area contributed by atoms with Gasteiger partial charge in [0.25, 0.3) is 5.91 Å². The molecule has 1 amide bonds. The normalized spacial score (nSPS) is 15.6. The number of nitrogens with one attached hydrogen (secondary N) is 2. The zero-order valence-corrected chi connectivity index (χ0v) is 16.9. The molecule has 0 radical (unpaired) electrons. The van der Waals surface area contributed by atoms with Gasteiger partial charge in [0.15, 0.2) is 0 Å². The van der Waals surface area contributed by atoms with Crippen molar-refractivity contribution in [3.8, 4) is 5.75 Å². The Hall–Kier alpha value is -3.13. The van der Waals surface area contributed by atoms with Crippen molar-refractivity contribution in [2.75, 3.05) is 17.7 Å². The average molecular weight is 440 g/mol. The van der Waals surface area contributed by atoms with Crippen LogP contribution in [-0.2, 0) is 4.79 Å². The maximum atomic E-state index is 13.3. The van der Waals surface area contributed by atoms with Gasteiger partial charge in [-0.25, -0.2) is 4.68 Å². The molecule has 1 aliphatic rings. The Morgan fingerprint density at radius 2 is 2.04 bits per heavy atom. The van der Waals surface area contributed by atoms with Crippen LogP contribution in [0.25, 0.3) is 0 Å². The molecular weight excluding hydrogens is 422 g/mol. The summed E-state index contributed by atoms with van der Waals surface area (Å²) in [5.41, 5.74) is 2.78. The van der Waals surface area contributed by atoms with Crippen molar-refractivity contribution >= 4 is 33.5 Å². The van der Waals surface area contributed by atoms with Gasteiger partial charge in [-0.15, -0.1) is 0 Å². The number of halogens is 1. The molecular formula is C20H18BrN5O2. The van der Waals surface area contributed by atoms with Gasteiger partial charge in [0, 0.05) is 21.4 Å². The molecule has 2 heterocycles. The molecule has 1 atom stereocenters. The molecule has 0 spiro atoms. The number of anilines is 2. The number of methoxy groups -OCH3 is 1. The number of carbonyl (C=O) groups is 1. The number of benzene rings is 2. The van der Waals surface area contributed by atoms with Crippen LogP contribution in [0.5, 0.6) is 5.75 Å². The van der Waals surface area contributed by atoms with E-state index in [1.54, 1.807) is 11.8 Å². The molecule has 7 nitrogen and oxygen atoms in total. The summed E-state index contributed by atoms with van der Waals surface area (Å²) in [4.78, 5) is 17.5. The summed E-state index contributed by atoms with van der Waals surface area (Å²) in [6, 6.07) is 14.5. The highest BCUT2D eigenvalue weighted by molar-refractivity contribution is 9.10. The van der Waals surface area contributed by atoms with Gasteiger partial charge >= 0.3 is 0 Å². The Balaban J connectivity index is 1.83. The van der Waals surface area contributed by atoms with Crippen LogP contribution in [0.15, 0.2) is 70.6 Å². The highest BCUT2D eigenvalue weighted by Crippen LogP contribution is 2.40. The van der Waals surface area contributed by atoms with E-state index < -0.39 is 6.04 Å². The average Bonchev–Trinajstić information content (AvgIpc) is 3.15. The summed E-state index contributed by atoms with van der Waals surface area (Å²) in [6.45, 7) is 1.86. The fourth-order valence-electron chi connectivity index (χ4n) is 3.31. The Morgan fingerprint density at radius 1 is 1.25 bits per heavy atom. The largest absolute Gasteiger partial charge is 0.496 e. The molecule has 1 aromatic heterocycles. The maximum Gasteiger partial charge on any atom is 0.255 e. The first kappa shape index (κ1) is 18.2. The predicted molar refractivity (Wildman–Crippen MR) is 110 cm³/mol. The molecule has 0 fully saturated rings. The molecule has 0 aliphatic carbocycles. The number of hydrogen-bond acceptors (Lipinski definition) is 5. The third kappa shape index (κ3) is 3.27. The lowest BCUT2D eigenvalue weighted by molar-refractivity contribution is -0.113. The van der Waals surface area contributed by atoms with Gasteiger partial charge < -0.3 is 15.4 Å². The van der Waals surface area contributed by atoms with Crippen LogP contribution in [0.4, 0.5) is 11.6 Å². The van der Waals surface area contributed by atoms with Gasteiger partial charge in [0.2, 0.25) is 5.95 Å². The lowest BCUT2D eigenvalue weighted by Crippen LogP contribution is -2.31. The standard InChI is InChI=1S/C20H18BrN5O2/c1-12-17(19(27)25-14-6-4-3-5-7-14)18(26-20(24-12)22-11-23-26)15-10-13(21)8-9-16(15)28-2/h3-11,18H,1-2H3,(H,25,27)(H,22,23,24)/t18-/m0/s1. The van der Waals surface area contributed by atoms with Crippen LogP contribution in [-0.4, -0.2) is 27.8 Å².